The van der Waals surface area contributed by atoms with Crippen LogP contribution in [-0.2, 0) is 4.79 Å². The lowest BCUT2D eigenvalue weighted by atomic mass is 9.90. The third-order valence-corrected chi connectivity index (χ3v) is 3.00. The number of Topliss-reactive ketones (excluding diaryl/α,β-unsaturated/α-hetero) is 1. The van der Waals surface area contributed by atoms with Crippen LogP contribution in [-0.4, -0.2) is 16.7 Å². The Kier molecular flexibility index (Phi) is 2.00. The summed E-state index contributed by atoms with van der Waals surface area (Å²) in [5.74, 6) is -0.215. The standard InChI is InChI=1S/C13H10N2O2/c14-13-9-7-8-3-1-2-4-10(8)15(17)11(9)5-6-12(13)16/h1-5,7,14,17H,6H2. The normalized spacial score (nSPS) is 18.3. The molecule has 0 saturated heterocycles. The van der Waals surface area contributed by atoms with Crippen molar-refractivity contribution in [3.05, 3.63) is 47.2 Å². The lowest BCUT2D eigenvalue weighted by molar-refractivity contribution is -0.112. The Labute approximate surface area is 98.0 Å². The number of benzene rings is 1. The largest absolute Gasteiger partial charge is 0.297 e. The van der Waals surface area contributed by atoms with Gasteiger partial charge in [-0.25, -0.2) is 5.06 Å². The zero-order valence-electron chi connectivity index (χ0n) is 8.97. The van der Waals surface area contributed by atoms with E-state index in [9.17, 15) is 10.0 Å². The smallest absolute Gasteiger partial charge is 0.184 e. The minimum Gasteiger partial charge on any atom is -0.297 e. The van der Waals surface area contributed by atoms with E-state index in [2.05, 4.69) is 0 Å². The highest BCUT2D eigenvalue weighted by molar-refractivity contribution is 6.48. The Morgan fingerprint density at radius 1 is 1.29 bits per heavy atom. The summed E-state index contributed by atoms with van der Waals surface area (Å²) in [4.78, 5) is 11.5. The number of nitrogens with zero attached hydrogens (tertiary/aromatic N) is 1. The molecule has 4 nitrogen and oxygen atoms in total. The van der Waals surface area contributed by atoms with Gasteiger partial charge in [0, 0.05) is 17.6 Å². The van der Waals surface area contributed by atoms with E-state index < -0.39 is 0 Å². The van der Waals surface area contributed by atoms with E-state index in [1.54, 1.807) is 18.2 Å². The van der Waals surface area contributed by atoms with Crippen molar-refractivity contribution in [1.29, 1.82) is 5.41 Å². The van der Waals surface area contributed by atoms with Gasteiger partial charge in [0.2, 0.25) is 0 Å². The number of rotatable bonds is 0. The molecule has 2 N–H and O–H groups in total. The first kappa shape index (κ1) is 9.99. The van der Waals surface area contributed by atoms with Crippen LogP contribution in [0.2, 0.25) is 0 Å². The quantitative estimate of drug-likeness (QED) is 0.712. The van der Waals surface area contributed by atoms with Crippen LogP contribution in [0.1, 0.15) is 12.0 Å². The van der Waals surface area contributed by atoms with Crippen LogP contribution in [0.25, 0.3) is 6.08 Å². The molecule has 0 bridgehead atoms. The molecule has 1 aliphatic carbocycles. The molecule has 17 heavy (non-hydrogen) atoms. The summed E-state index contributed by atoms with van der Waals surface area (Å²) in [7, 11) is 0. The first-order chi connectivity index (χ1) is 8.18. The first-order valence-electron chi connectivity index (χ1n) is 5.31. The minimum atomic E-state index is -0.215. The summed E-state index contributed by atoms with van der Waals surface area (Å²) in [5.41, 5.74) is 2.46. The van der Waals surface area contributed by atoms with Gasteiger partial charge in [0.1, 0.15) is 5.71 Å². The topological polar surface area (TPSA) is 64.4 Å². The second kappa shape index (κ2) is 3.40. The number of para-hydroxylation sites is 1. The van der Waals surface area contributed by atoms with Crippen molar-refractivity contribution < 1.29 is 10.0 Å². The highest BCUT2D eigenvalue weighted by atomic mass is 16.5. The molecule has 84 valence electrons. The molecule has 0 radical (unpaired) electrons. The molecule has 0 fully saturated rings. The number of carbonyl (C=O) groups is 1. The average molecular weight is 226 g/mol. The average Bonchev–Trinajstić information content (AvgIpc) is 2.35. The fourth-order valence-corrected chi connectivity index (χ4v) is 2.11. The summed E-state index contributed by atoms with van der Waals surface area (Å²) >= 11 is 0. The third kappa shape index (κ3) is 1.34. The summed E-state index contributed by atoms with van der Waals surface area (Å²) < 4.78 is 0. The summed E-state index contributed by atoms with van der Waals surface area (Å²) in [5, 5.41) is 18.9. The molecule has 2 aliphatic rings. The summed E-state index contributed by atoms with van der Waals surface area (Å²) in [6, 6.07) is 7.33. The molecular formula is C13H10N2O2. The van der Waals surface area contributed by atoms with Crippen LogP contribution < -0.4 is 5.06 Å². The van der Waals surface area contributed by atoms with Gasteiger partial charge in [0.15, 0.2) is 5.78 Å². The lowest BCUT2D eigenvalue weighted by Gasteiger charge is -2.30. The molecule has 0 amide bonds. The van der Waals surface area contributed by atoms with E-state index in [1.807, 2.05) is 18.2 Å². The van der Waals surface area contributed by atoms with Gasteiger partial charge in [0.25, 0.3) is 0 Å². The van der Waals surface area contributed by atoms with Crippen LogP contribution in [0, 0.1) is 5.41 Å². The molecule has 0 saturated carbocycles. The van der Waals surface area contributed by atoms with E-state index in [0.29, 0.717) is 17.0 Å². The van der Waals surface area contributed by atoms with Crippen molar-refractivity contribution in [3.8, 4) is 0 Å². The van der Waals surface area contributed by atoms with Gasteiger partial charge in [-0.2, -0.15) is 0 Å². The fraction of sp³-hybridized carbons (Fsp3) is 0.0769. The number of hydrogen-bond acceptors (Lipinski definition) is 4. The van der Waals surface area contributed by atoms with Gasteiger partial charge in [0.05, 0.1) is 11.4 Å². The molecule has 1 aromatic carbocycles. The molecule has 4 heteroatoms. The highest BCUT2D eigenvalue weighted by Gasteiger charge is 2.30. The van der Waals surface area contributed by atoms with Crippen molar-refractivity contribution in [2.24, 2.45) is 0 Å². The Hall–Kier alpha value is -2.20. The van der Waals surface area contributed by atoms with Crippen LogP contribution in [0.15, 0.2) is 41.6 Å². The van der Waals surface area contributed by atoms with Crippen molar-refractivity contribution in [3.63, 3.8) is 0 Å². The van der Waals surface area contributed by atoms with E-state index >= 15 is 0 Å². The number of ketones is 1. The van der Waals surface area contributed by atoms with Crippen molar-refractivity contribution in [2.45, 2.75) is 6.42 Å². The highest BCUT2D eigenvalue weighted by Crippen LogP contribution is 2.35. The minimum absolute atomic E-state index is 0.0314. The molecule has 0 aromatic heterocycles. The van der Waals surface area contributed by atoms with E-state index in [-0.39, 0.29) is 17.9 Å². The fourth-order valence-electron chi connectivity index (χ4n) is 2.11. The molecule has 1 heterocycles. The molecule has 1 aromatic rings. The Morgan fingerprint density at radius 3 is 2.88 bits per heavy atom. The monoisotopic (exact) mass is 226 g/mol. The molecule has 3 rings (SSSR count). The van der Waals surface area contributed by atoms with Gasteiger partial charge >= 0.3 is 0 Å². The second-order valence-electron chi connectivity index (χ2n) is 4.02. The SMILES string of the molecule is N=C1C(=O)CC=C2C1=Cc1ccccc1N2O. The molecular weight excluding hydrogens is 216 g/mol. The summed E-state index contributed by atoms with van der Waals surface area (Å²) in [6.45, 7) is 0. The number of allylic oxidation sites excluding steroid dienone is 2. The Morgan fingerprint density at radius 2 is 2.06 bits per heavy atom. The number of nitrogens with one attached hydrogen (secondary N) is 1. The van der Waals surface area contributed by atoms with Gasteiger partial charge in [-0.15, -0.1) is 0 Å². The van der Waals surface area contributed by atoms with Gasteiger partial charge in [-0.05, 0) is 18.2 Å². The van der Waals surface area contributed by atoms with Crippen LogP contribution in [0.4, 0.5) is 5.69 Å². The summed E-state index contributed by atoms with van der Waals surface area (Å²) in [6.07, 6.45) is 3.60. The van der Waals surface area contributed by atoms with Crippen molar-refractivity contribution in [1.82, 2.24) is 0 Å². The van der Waals surface area contributed by atoms with E-state index in [0.717, 1.165) is 10.6 Å². The van der Waals surface area contributed by atoms with Crippen molar-refractivity contribution >= 4 is 23.3 Å². The van der Waals surface area contributed by atoms with Crippen molar-refractivity contribution in [2.75, 3.05) is 5.06 Å². The van der Waals surface area contributed by atoms with Gasteiger partial charge < -0.3 is 0 Å². The molecule has 0 unspecified atom stereocenters. The van der Waals surface area contributed by atoms with Gasteiger partial charge in [-0.3, -0.25) is 15.4 Å². The number of fused-ring (bicyclic) bond motifs is 2. The molecule has 0 spiro atoms. The predicted octanol–water partition coefficient (Wildman–Crippen LogP) is 2.16. The van der Waals surface area contributed by atoms with Crippen LogP contribution in [0.5, 0.6) is 0 Å². The molecule has 1 aliphatic heterocycles. The van der Waals surface area contributed by atoms with Gasteiger partial charge in [-0.1, -0.05) is 18.2 Å². The zero-order chi connectivity index (χ0) is 12.0. The third-order valence-electron chi connectivity index (χ3n) is 3.00. The maximum atomic E-state index is 11.5. The Bertz CT molecular complexity index is 599. The maximum Gasteiger partial charge on any atom is 0.184 e. The number of hydroxylamine groups is 1. The maximum absolute atomic E-state index is 11.5. The van der Waals surface area contributed by atoms with Crippen LogP contribution in [0.3, 0.4) is 0 Å². The van der Waals surface area contributed by atoms with E-state index in [4.69, 9.17) is 5.41 Å². The first-order valence-corrected chi connectivity index (χ1v) is 5.31. The zero-order valence-corrected chi connectivity index (χ0v) is 8.97. The Balaban J connectivity index is 2.24. The number of hydrogen-bond donors (Lipinski definition) is 2. The number of anilines is 1. The lowest BCUT2D eigenvalue weighted by Crippen LogP contribution is -2.31. The van der Waals surface area contributed by atoms with Crippen LogP contribution >= 0.6 is 0 Å². The predicted molar refractivity (Wildman–Crippen MR) is 64.1 cm³/mol. The number of carbonyl (C=O) groups excluding carboxylic acids is 1. The van der Waals surface area contributed by atoms with E-state index in [1.165, 1.54) is 0 Å². The second-order valence-corrected chi connectivity index (χ2v) is 4.02. The molecule has 0 atom stereocenters.